The smallest absolute Gasteiger partial charge is 0.240 e. The Balaban J connectivity index is 2.15. The van der Waals surface area contributed by atoms with Gasteiger partial charge in [-0.3, -0.25) is 0 Å². The lowest BCUT2D eigenvalue weighted by Crippen LogP contribution is -2.52. The van der Waals surface area contributed by atoms with Crippen LogP contribution in [0.5, 0.6) is 11.5 Å². The van der Waals surface area contributed by atoms with Gasteiger partial charge in [-0.1, -0.05) is 0 Å². The average Bonchev–Trinajstić information content (AvgIpc) is 3.02. The summed E-state index contributed by atoms with van der Waals surface area (Å²) in [6.45, 7) is 1.60. The van der Waals surface area contributed by atoms with Crippen molar-refractivity contribution in [3.8, 4) is 11.5 Å². The molecule has 1 aliphatic rings. The Hall–Kier alpha value is -1.35. The number of ether oxygens (including phenoxy) is 3. The second-order valence-corrected chi connectivity index (χ2v) is 7.35. The minimum absolute atomic E-state index is 0.140. The van der Waals surface area contributed by atoms with Gasteiger partial charge in [0.1, 0.15) is 0 Å². The fourth-order valence-electron chi connectivity index (χ4n) is 2.77. The van der Waals surface area contributed by atoms with Crippen molar-refractivity contribution in [2.24, 2.45) is 0 Å². The van der Waals surface area contributed by atoms with Gasteiger partial charge in [-0.25, -0.2) is 13.1 Å². The van der Waals surface area contributed by atoms with Crippen LogP contribution in [0.15, 0.2) is 23.1 Å². The maximum Gasteiger partial charge on any atom is 0.240 e. The SMILES string of the molecule is COCC1(CNS(=O)(=O)c2ccc(OC)c(OC)c2)CCCN1. The van der Waals surface area contributed by atoms with E-state index >= 15 is 0 Å². The van der Waals surface area contributed by atoms with Crippen molar-refractivity contribution in [2.75, 3.05) is 41.0 Å². The first kappa shape index (κ1) is 18.0. The van der Waals surface area contributed by atoms with E-state index in [9.17, 15) is 8.42 Å². The summed E-state index contributed by atoms with van der Waals surface area (Å²) in [5.74, 6) is 0.862. The number of sulfonamides is 1. The highest BCUT2D eigenvalue weighted by atomic mass is 32.2. The van der Waals surface area contributed by atoms with Gasteiger partial charge in [0, 0.05) is 19.7 Å². The molecule has 130 valence electrons. The van der Waals surface area contributed by atoms with Crippen molar-refractivity contribution < 1.29 is 22.6 Å². The van der Waals surface area contributed by atoms with E-state index in [-0.39, 0.29) is 17.0 Å². The fourth-order valence-corrected chi connectivity index (χ4v) is 3.91. The van der Waals surface area contributed by atoms with Crippen LogP contribution >= 0.6 is 0 Å². The lowest BCUT2D eigenvalue weighted by Gasteiger charge is -2.28. The Kier molecular flexibility index (Phi) is 5.85. The molecule has 7 nitrogen and oxygen atoms in total. The molecule has 1 saturated heterocycles. The van der Waals surface area contributed by atoms with Crippen molar-refractivity contribution in [1.29, 1.82) is 0 Å². The minimum atomic E-state index is -3.64. The maximum absolute atomic E-state index is 12.5. The van der Waals surface area contributed by atoms with E-state index < -0.39 is 10.0 Å². The largest absolute Gasteiger partial charge is 0.493 e. The molecule has 1 fully saturated rings. The summed E-state index contributed by atoms with van der Waals surface area (Å²) in [6, 6.07) is 4.52. The first-order valence-electron chi connectivity index (χ1n) is 7.42. The lowest BCUT2D eigenvalue weighted by atomic mass is 9.99. The predicted octanol–water partition coefficient (Wildman–Crippen LogP) is 0.751. The molecule has 1 aromatic carbocycles. The Morgan fingerprint density at radius 3 is 2.52 bits per heavy atom. The molecule has 2 rings (SSSR count). The third kappa shape index (κ3) is 4.14. The molecule has 2 N–H and O–H groups in total. The molecule has 0 spiro atoms. The van der Waals surface area contributed by atoms with Crippen LogP contribution in [0, 0.1) is 0 Å². The van der Waals surface area contributed by atoms with E-state index in [1.54, 1.807) is 13.2 Å². The summed E-state index contributed by atoms with van der Waals surface area (Å²) in [4.78, 5) is 0.140. The third-order valence-corrected chi connectivity index (χ3v) is 5.42. The van der Waals surface area contributed by atoms with E-state index in [1.165, 1.54) is 26.4 Å². The zero-order valence-electron chi connectivity index (χ0n) is 13.7. The van der Waals surface area contributed by atoms with Crippen LogP contribution in [0.1, 0.15) is 12.8 Å². The molecule has 0 aromatic heterocycles. The molecule has 1 aromatic rings. The summed E-state index contributed by atoms with van der Waals surface area (Å²) < 4.78 is 43.2. The first-order chi connectivity index (χ1) is 11.0. The van der Waals surface area contributed by atoms with Gasteiger partial charge in [0.05, 0.1) is 31.3 Å². The van der Waals surface area contributed by atoms with Gasteiger partial charge < -0.3 is 19.5 Å². The molecule has 0 amide bonds. The van der Waals surface area contributed by atoms with Crippen LogP contribution in [-0.2, 0) is 14.8 Å². The maximum atomic E-state index is 12.5. The van der Waals surface area contributed by atoms with Gasteiger partial charge >= 0.3 is 0 Å². The van der Waals surface area contributed by atoms with Crippen LogP contribution in [0.4, 0.5) is 0 Å². The molecule has 1 aliphatic heterocycles. The molecular weight excluding hydrogens is 320 g/mol. The van der Waals surface area contributed by atoms with E-state index in [1.807, 2.05) is 0 Å². The normalized spacial score (nSPS) is 21.3. The highest BCUT2D eigenvalue weighted by Crippen LogP contribution is 2.29. The Bertz CT molecular complexity index is 627. The summed E-state index contributed by atoms with van der Waals surface area (Å²) in [5, 5.41) is 3.34. The van der Waals surface area contributed by atoms with E-state index in [0.717, 1.165) is 19.4 Å². The molecule has 0 saturated carbocycles. The summed E-state index contributed by atoms with van der Waals surface area (Å²) in [7, 11) is 0.947. The van der Waals surface area contributed by atoms with E-state index in [0.29, 0.717) is 18.1 Å². The summed E-state index contributed by atoms with van der Waals surface area (Å²) >= 11 is 0. The number of benzene rings is 1. The van der Waals surface area contributed by atoms with Gasteiger partial charge in [0.15, 0.2) is 11.5 Å². The Morgan fingerprint density at radius 2 is 1.96 bits per heavy atom. The monoisotopic (exact) mass is 344 g/mol. The molecule has 1 unspecified atom stereocenters. The first-order valence-corrected chi connectivity index (χ1v) is 8.90. The molecule has 0 bridgehead atoms. The van der Waals surface area contributed by atoms with Crippen LogP contribution in [0.25, 0.3) is 0 Å². The predicted molar refractivity (Wildman–Crippen MR) is 86.6 cm³/mol. The number of hydrogen-bond acceptors (Lipinski definition) is 6. The van der Waals surface area contributed by atoms with Crippen molar-refractivity contribution in [1.82, 2.24) is 10.0 Å². The Morgan fingerprint density at radius 1 is 1.22 bits per heavy atom. The standard InChI is InChI=1S/C15H24N2O5S/c1-20-11-15(7-4-8-16-15)10-17-23(18,19)12-5-6-13(21-2)14(9-12)22-3/h5-6,9,16-17H,4,7-8,10-11H2,1-3H3. The molecule has 0 radical (unpaired) electrons. The minimum Gasteiger partial charge on any atom is -0.493 e. The van der Waals surface area contributed by atoms with E-state index in [4.69, 9.17) is 14.2 Å². The highest BCUT2D eigenvalue weighted by Gasteiger charge is 2.34. The second kappa shape index (κ2) is 7.48. The van der Waals surface area contributed by atoms with Crippen LogP contribution in [-0.4, -0.2) is 55.0 Å². The Labute approximate surface area is 137 Å². The topological polar surface area (TPSA) is 85.9 Å². The van der Waals surface area contributed by atoms with Crippen molar-refractivity contribution in [3.63, 3.8) is 0 Å². The second-order valence-electron chi connectivity index (χ2n) is 5.59. The van der Waals surface area contributed by atoms with Gasteiger partial charge in [-0.05, 0) is 31.5 Å². The van der Waals surface area contributed by atoms with Crippen LogP contribution in [0.3, 0.4) is 0 Å². The van der Waals surface area contributed by atoms with Crippen LogP contribution in [0.2, 0.25) is 0 Å². The van der Waals surface area contributed by atoms with E-state index in [2.05, 4.69) is 10.0 Å². The molecule has 0 aliphatic carbocycles. The van der Waals surface area contributed by atoms with Crippen molar-refractivity contribution in [3.05, 3.63) is 18.2 Å². The molecule has 23 heavy (non-hydrogen) atoms. The lowest BCUT2D eigenvalue weighted by molar-refractivity contribution is 0.122. The number of hydrogen-bond donors (Lipinski definition) is 2. The fraction of sp³-hybridized carbons (Fsp3) is 0.600. The van der Waals surface area contributed by atoms with Crippen molar-refractivity contribution >= 4 is 10.0 Å². The summed E-state index contributed by atoms with van der Waals surface area (Å²) in [6.07, 6.45) is 1.87. The van der Waals surface area contributed by atoms with Gasteiger partial charge in [-0.2, -0.15) is 0 Å². The number of methoxy groups -OCH3 is 3. The molecule has 1 atom stereocenters. The average molecular weight is 344 g/mol. The van der Waals surface area contributed by atoms with Gasteiger partial charge in [-0.15, -0.1) is 0 Å². The molecule has 8 heteroatoms. The number of nitrogens with one attached hydrogen (secondary N) is 2. The summed E-state index contributed by atoms with van der Waals surface area (Å²) in [5.41, 5.74) is -0.349. The quantitative estimate of drug-likeness (QED) is 0.724. The van der Waals surface area contributed by atoms with Crippen molar-refractivity contribution in [2.45, 2.75) is 23.3 Å². The highest BCUT2D eigenvalue weighted by molar-refractivity contribution is 7.89. The van der Waals surface area contributed by atoms with Crippen LogP contribution < -0.4 is 19.5 Å². The van der Waals surface area contributed by atoms with Gasteiger partial charge in [0.2, 0.25) is 10.0 Å². The van der Waals surface area contributed by atoms with Gasteiger partial charge in [0.25, 0.3) is 0 Å². The number of rotatable bonds is 8. The third-order valence-electron chi connectivity index (χ3n) is 4.02. The zero-order valence-corrected chi connectivity index (χ0v) is 14.5. The molecule has 1 heterocycles. The molecular formula is C15H24N2O5S. The zero-order chi connectivity index (χ0) is 16.9.